The molecule has 0 saturated heterocycles. The molecule has 0 aliphatic heterocycles. The van der Waals surface area contributed by atoms with Crippen LogP contribution in [0.3, 0.4) is 0 Å². The fraction of sp³-hybridized carbons (Fsp3) is 0. The monoisotopic (exact) mass is 828 g/mol. The van der Waals surface area contributed by atoms with Crippen molar-refractivity contribution in [2.45, 2.75) is 0 Å². The van der Waals surface area contributed by atoms with Crippen LogP contribution in [0.25, 0.3) is 104 Å². The largest absolute Gasteiger partial charge is 0.456 e. The molecule has 0 saturated carbocycles. The van der Waals surface area contributed by atoms with Crippen molar-refractivity contribution < 1.29 is 4.42 Å². The first-order valence-electron chi connectivity index (χ1n) is 22.2. The number of hydrogen-bond donors (Lipinski definition) is 0. The maximum Gasteiger partial charge on any atom is 0.136 e. The molecule has 2 aromatic heterocycles. The average molecular weight is 829 g/mol. The van der Waals surface area contributed by atoms with E-state index in [0.717, 1.165) is 61.4 Å². The summed E-state index contributed by atoms with van der Waals surface area (Å²) in [5, 5.41) is 9.70. The highest BCUT2D eigenvalue weighted by Crippen LogP contribution is 2.44. The molecule has 0 spiro atoms. The van der Waals surface area contributed by atoms with E-state index in [1.165, 1.54) is 60.0 Å². The minimum absolute atomic E-state index is 0.882. The van der Waals surface area contributed by atoms with Gasteiger partial charge in [0.05, 0.1) is 16.7 Å². The third kappa shape index (κ3) is 6.20. The van der Waals surface area contributed by atoms with Gasteiger partial charge in [0, 0.05) is 44.2 Å². The van der Waals surface area contributed by atoms with E-state index in [0.29, 0.717) is 0 Å². The molecule has 3 nitrogen and oxygen atoms in total. The number of benzene rings is 11. The second kappa shape index (κ2) is 15.0. The predicted octanol–water partition coefficient (Wildman–Crippen LogP) is 17.5. The van der Waals surface area contributed by atoms with Crippen LogP contribution < -0.4 is 4.90 Å². The first-order valence-corrected chi connectivity index (χ1v) is 22.2. The Morgan fingerprint density at radius 1 is 0.308 bits per heavy atom. The SMILES string of the molecule is c1cc(-c2ccc(N(c3ccc4ccc5ccccc5c4c3)c3ccccc3-c3ccc4c(c3)oc3ccccc34)cc2)cc(-c2ccc(-n3c4ccccc4c4ccccc43)cc2)c1. The van der Waals surface area contributed by atoms with Crippen molar-refractivity contribution in [2.24, 2.45) is 0 Å². The van der Waals surface area contributed by atoms with Gasteiger partial charge in [0.1, 0.15) is 11.2 Å². The van der Waals surface area contributed by atoms with Gasteiger partial charge in [-0.3, -0.25) is 0 Å². The van der Waals surface area contributed by atoms with Gasteiger partial charge in [-0.15, -0.1) is 0 Å². The lowest BCUT2D eigenvalue weighted by atomic mass is 9.97. The Morgan fingerprint density at radius 2 is 0.862 bits per heavy atom. The van der Waals surface area contributed by atoms with Gasteiger partial charge in [-0.1, -0.05) is 164 Å². The van der Waals surface area contributed by atoms with Crippen molar-refractivity contribution in [1.82, 2.24) is 4.57 Å². The lowest BCUT2D eigenvalue weighted by Gasteiger charge is -2.28. The first kappa shape index (κ1) is 36.9. The summed E-state index contributed by atoms with van der Waals surface area (Å²) >= 11 is 0. The van der Waals surface area contributed by atoms with E-state index in [1.807, 2.05) is 12.1 Å². The highest BCUT2D eigenvalue weighted by Gasteiger charge is 2.20. The Bertz CT molecular complexity index is 3900. The van der Waals surface area contributed by atoms with Crippen molar-refractivity contribution in [2.75, 3.05) is 4.90 Å². The van der Waals surface area contributed by atoms with Crippen LogP contribution in [0.4, 0.5) is 17.1 Å². The van der Waals surface area contributed by atoms with Gasteiger partial charge in [0.2, 0.25) is 0 Å². The maximum absolute atomic E-state index is 6.40. The Morgan fingerprint density at radius 3 is 1.62 bits per heavy atom. The number of furan rings is 1. The van der Waals surface area contributed by atoms with Crippen LogP contribution in [-0.4, -0.2) is 4.57 Å². The Balaban J connectivity index is 0.890. The van der Waals surface area contributed by atoms with Gasteiger partial charge in [-0.25, -0.2) is 0 Å². The Kier molecular flexibility index (Phi) is 8.53. The molecule has 13 aromatic rings. The molecule has 0 radical (unpaired) electrons. The zero-order chi connectivity index (χ0) is 42.8. The molecular formula is C62H40N2O. The van der Waals surface area contributed by atoms with Crippen LogP contribution in [0.15, 0.2) is 247 Å². The van der Waals surface area contributed by atoms with Gasteiger partial charge in [0.15, 0.2) is 0 Å². The van der Waals surface area contributed by atoms with Gasteiger partial charge in [0.25, 0.3) is 0 Å². The minimum atomic E-state index is 0.882. The summed E-state index contributed by atoms with van der Waals surface area (Å²) in [6.45, 7) is 0. The van der Waals surface area contributed by atoms with E-state index in [4.69, 9.17) is 4.42 Å². The van der Waals surface area contributed by atoms with E-state index in [2.05, 4.69) is 240 Å². The number of rotatable bonds is 7. The zero-order valence-corrected chi connectivity index (χ0v) is 35.4. The van der Waals surface area contributed by atoms with E-state index in [9.17, 15) is 0 Å². The van der Waals surface area contributed by atoms with Crippen LogP contribution in [0.2, 0.25) is 0 Å². The van der Waals surface area contributed by atoms with E-state index in [1.54, 1.807) is 0 Å². The van der Waals surface area contributed by atoms with Crippen molar-refractivity contribution in [3.8, 4) is 39.1 Å². The number of aromatic nitrogens is 1. The number of anilines is 3. The maximum atomic E-state index is 6.40. The van der Waals surface area contributed by atoms with Crippen molar-refractivity contribution in [1.29, 1.82) is 0 Å². The molecule has 13 rings (SSSR count). The molecule has 0 atom stereocenters. The van der Waals surface area contributed by atoms with Crippen molar-refractivity contribution in [3.05, 3.63) is 243 Å². The van der Waals surface area contributed by atoms with Crippen LogP contribution in [0.1, 0.15) is 0 Å². The topological polar surface area (TPSA) is 21.3 Å². The molecule has 0 unspecified atom stereocenters. The highest BCUT2D eigenvalue weighted by molar-refractivity contribution is 6.11. The molecule has 11 aromatic carbocycles. The Hall–Kier alpha value is -8.66. The van der Waals surface area contributed by atoms with E-state index < -0.39 is 0 Å². The smallest absolute Gasteiger partial charge is 0.136 e. The molecule has 0 aliphatic carbocycles. The standard InChI is InChI=1S/C62H40N2O/c1-2-15-51-43(12-1)24-25-44-30-36-50(40-57(44)51)63(58-20-7-3-16-52(58)47-31-37-56-55-19-6-10-23-61(55)65-62(56)39-47)48-32-26-41(27-33-48)45-13-11-14-46(38-45)42-28-34-49(35-29-42)64-59-21-8-4-17-53(59)54-18-5-9-22-60(54)64/h1-40H. The van der Waals surface area contributed by atoms with Crippen LogP contribution in [0.5, 0.6) is 0 Å². The molecule has 3 heteroatoms. The number of nitrogens with zero attached hydrogens (tertiary/aromatic N) is 2. The predicted molar refractivity (Wildman–Crippen MR) is 274 cm³/mol. The molecule has 0 aliphatic rings. The highest BCUT2D eigenvalue weighted by atomic mass is 16.3. The summed E-state index contributed by atoms with van der Waals surface area (Å²) in [5.41, 5.74) is 15.5. The zero-order valence-electron chi connectivity index (χ0n) is 35.4. The molecule has 2 heterocycles. The Labute approximate surface area is 376 Å². The van der Waals surface area contributed by atoms with E-state index >= 15 is 0 Å². The second-order valence-corrected chi connectivity index (χ2v) is 16.9. The minimum Gasteiger partial charge on any atom is -0.456 e. The summed E-state index contributed by atoms with van der Waals surface area (Å²) in [6.07, 6.45) is 0. The van der Waals surface area contributed by atoms with Gasteiger partial charge in [-0.05, 0) is 128 Å². The molecule has 0 bridgehead atoms. The fourth-order valence-corrected chi connectivity index (χ4v) is 10.0. The lowest BCUT2D eigenvalue weighted by molar-refractivity contribution is 0.669. The second-order valence-electron chi connectivity index (χ2n) is 16.9. The molecule has 0 amide bonds. The summed E-state index contributed by atoms with van der Waals surface area (Å²) in [4.78, 5) is 2.40. The summed E-state index contributed by atoms with van der Waals surface area (Å²) in [5.74, 6) is 0. The van der Waals surface area contributed by atoms with Crippen molar-refractivity contribution >= 4 is 82.4 Å². The first-order chi connectivity index (χ1) is 32.2. The summed E-state index contributed by atoms with van der Waals surface area (Å²) < 4.78 is 8.77. The van der Waals surface area contributed by atoms with Crippen LogP contribution >= 0.6 is 0 Å². The number of fused-ring (bicyclic) bond motifs is 9. The third-order valence-corrected chi connectivity index (χ3v) is 13.2. The lowest BCUT2D eigenvalue weighted by Crippen LogP contribution is -2.11. The van der Waals surface area contributed by atoms with E-state index in [-0.39, 0.29) is 0 Å². The molecule has 0 N–H and O–H groups in total. The number of para-hydroxylation sites is 4. The summed E-state index contributed by atoms with van der Waals surface area (Å²) in [7, 11) is 0. The van der Waals surface area contributed by atoms with Crippen LogP contribution in [0, 0.1) is 0 Å². The molecule has 304 valence electrons. The molecule has 65 heavy (non-hydrogen) atoms. The van der Waals surface area contributed by atoms with Gasteiger partial charge >= 0.3 is 0 Å². The van der Waals surface area contributed by atoms with Crippen LogP contribution in [-0.2, 0) is 0 Å². The summed E-state index contributed by atoms with van der Waals surface area (Å²) in [6, 6.07) is 87.8. The fourth-order valence-electron chi connectivity index (χ4n) is 10.0. The average Bonchev–Trinajstić information content (AvgIpc) is 3.92. The quantitative estimate of drug-likeness (QED) is 0.149. The van der Waals surface area contributed by atoms with Gasteiger partial charge in [-0.2, -0.15) is 0 Å². The third-order valence-electron chi connectivity index (χ3n) is 13.2. The molecule has 0 fully saturated rings. The number of hydrogen-bond acceptors (Lipinski definition) is 2. The normalized spacial score (nSPS) is 11.7. The van der Waals surface area contributed by atoms with Gasteiger partial charge < -0.3 is 13.9 Å². The molecular weight excluding hydrogens is 789 g/mol. The van der Waals surface area contributed by atoms with Crippen molar-refractivity contribution in [3.63, 3.8) is 0 Å².